The summed E-state index contributed by atoms with van der Waals surface area (Å²) in [6.07, 6.45) is 1.65. The van der Waals surface area contributed by atoms with Gasteiger partial charge in [-0.15, -0.1) is 0 Å². The summed E-state index contributed by atoms with van der Waals surface area (Å²) >= 11 is 10.4. The molecule has 3 aromatic carbocycles. The van der Waals surface area contributed by atoms with Gasteiger partial charge in [0.2, 0.25) is 0 Å². The van der Waals surface area contributed by atoms with Crippen LogP contribution >= 0.6 is 39.3 Å². The summed E-state index contributed by atoms with van der Waals surface area (Å²) in [4.78, 5) is 27.1. The molecular formula is C27H20BrClN2O4S. The first-order chi connectivity index (χ1) is 17.4. The van der Waals surface area contributed by atoms with Crippen molar-refractivity contribution in [3.63, 3.8) is 0 Å². The molecule has 0 radical (unpaired) electrons. The summed E-state index contributed by atoms with van der Waals surface area (Å²) in [6.45, 7) is 2.64. The Bertz CT molecular complexity index is 1390. The third kappa shape index (κ3) is 5.93. The van der Waals surface area contributed by atoms with Crippen molar-refractivity contribution >= 4 is 56.5 Å². The van der Waals surface area contributed by atoms with Gasteiger partial charge in [0.15, 0.2) is 11.5 Å². The molecule has 0 saturated carbocycles. The van der Waals surface area contributed by atoms with Gasteiger partial charge in [-0.05, 0) is 87.7 Å². The van der Waals surface area contributed by atoms with Crippen LogP contribution in [0, 0.1) is 11.3 Å². The van der Waals surface area contributed by atoms with E-state index in [1.54, 1.807) is 54.6 Å². The number of hydrogen-bond donors (Lipinski definition) is 0. The molecule has 36 heavy (non-hydrogen) atoms. The molecule has 0 aliphatic carbocycles. The Balaban J connectivity index is 1.56. The molecule has 4 rings (SSSR count). The fraction of sp³-hybridized carbons (Fsp3) is 0.148. The second-order valence-corrected chi connectivity index (χ2v) is 10.00. The number of carbonyl (C=O) groups is 2. The summed E-state index contributed by atoms with van der Waals surface area (Å²) < 4.78 is 12.5. The van der Waals surface area contributed by atoms with Crippen LogP contribution in [0.15, 0.2) is 70.0 Å². The first-order valence-corrected chi connectivity index (χ1v) is 12.9. The molecule has 1 fully saturated rings. The average molecular weight is 584 g/mol. The maximum atomic E-state index is 13.0. The fourth-order valence-corrected chi connectivity index (χ4v) is 5.07. The zero-order valence-corrected chi connectivity index (χ0v) is 22.3. The Hall–Kier alpha value is -3.25. The number of ether oxygens (including phenoxy) is 2. The van der Waals surface area contributed by atoms with Gasteiger partial charge in [-0.1, -0.05) is 41.9 Å². The van der Waals surface area contributed by atoms with Gasteiger partial charge in [-0.2, -0.15) is 5.26 Å². The number of nitrogens with zero attached hydrogens (tertiary/aromatic N) is 2. The van der Waals surface area contributed by atoms with E-state index in [1.807, 2.05) is 19.1 Å². The summed E-state index contributed by atoms with van der Waals surface area (Å²) in [6, 6.07) is 19.9. The molecule has 2 amide bonds. The lowest BCUT2D eigenvalue weighted by atomic mass is 10.1. The largest absolute Gasteiger partial charge is 0.490 e. The van der Waals surface area contributed by atoms with E-state index in [2.05, 4.69) is 22.0 Å². The molecule has 1 aliphatic heterocycles. The van der Waals surface area contributed by atoms with Crippen molar-refractivity contribution in [1.82, 2.24) is 4.90 Å². The van der Waals surface area contributed by atoms with Gasteiger partial charge in [0.25, 0.3) is 11.1 Å². The molecule has 0 unspecified atom stereocenters. The quantitative estimate of drug-likeness (QED) is 0.261. The third-order valence-electron chi connectivity index (χ3n) is 5.27. The summed E-state index contributed by atoms with van der Waals surface area (Å²) in [5, 5.41) is 9.58. The number of rotatable bonds is 8. The summed E-state index contributed by atoms with van der Waals surface area (Å²) in [5.41, 5.74) is 2.67. The highest BCUT2D eigenvalue weighted by Gasteiger charge is 2.35. The van der Waals surface area contributed by atoms with Crippen molar-refractivity contribution in [2.24, 2.45) is 0 Å². The molecule has 3 aromatic rings. The van der Waals surface area contributed by atoms with Gasteiger partial charge in [-0.3, -0.25) is 14.5 Å². The lowest BCUT2D eigenvalue weighted by Gasteiger charge is -2.15. The highest BCUT2D eigenvalue weighted by Crippen LogP contribution is 2.40. The van der Waals surface area contributed by atoms with Crippen LogP contribution in [0.4, 0.5) is 4.79 Å². The minimum Gasteiger partial charge on any atom is -0.490 e. The highest BCUT2D eigenvalue weighted by atomic mass is 79.9. The highest BCUT2D eigenvalue weighted by molar-refractivity contribution is 9.10. The SMILES string of the molecule is CCOc1cc(/C=C2/SC(=O)N(Cc3ccccc3C#N)C2=O)cc(Br)c1OCc1ccc(Cl)cc1. The van der Waals surface area contributed by atoms with E-state index in [0.717, 1.165) is 22.2 Å². The normalized spacial score (nSPS) is 14.3. The fourth-order valence-electron chi connectivity index (χ4n) is 3.54. The number of nitriles is 1. The van der Waals surface area contributed by atoms with Gasteiger partial charge >= 0.3 is 0 Å². The van der Waals surface area contributed by atoms with E-state index in [4.69, 9.17) is 21.1 Å². The monoisotopic (exact) mass is 582 g/mol. The molecule has 1 saturated heterocycles. The summed E-state index contributed by atoms with van der Waals surface area (Å²) in [7, 11) is 0. The van der Waals surface area contributed by atoms with E-state index in [1.165, 1.54) is 0 Å². The molecule has 1 heterocycles. The number of halogens is 2. The van der Waals surface area contributed by atoms with Crippen molar-refractivity contribution in [1.29, 1.82) is 5.26 Å². The van der Waals surface area contributed by atoms with E-state index >= 15 is 0 Å². The maximum absolute atomic E-state index is 13.0. The topological polar surface area (TPSA) is 79.6 Å². The number of hydrogen-bond acceptors (Lipinski definition) is 6. The molecule has 182 valence electrons. The smallest absolute Gasteiger partial charge is 0.293 e. The van der Waals surface area contributed by atoms with Gasteiger partial charge in [0.05, 0.1) is 34.2 Å². The second kappa shape index (κ2) is 11.7. The Morgan fingerprint density at radius 3 is 2.58 bits per heavy atom. The van der Waals surface area contributed by atoms with Crippen molar-refractivity contribution in [3.8, 4) is 17.6 Å². The second-order valence-electron chi connectivity index (χ2n) is 7.71. The third-order valence-corrected chi connectivity index (χ3v) is 7.01. The Kier molecular flexibility index (Phi) is 8.36. The minimum absolute atomic E-state index is 0.0388. The molecule has 1 aliphatic rings. The zero-order chi connectivity index (χ0) is 25.7. The van der Waals surface area contributed by atoms with E-state index in [0.29, 0.717) is 55.8 Å². The molecule has 0 N–H and O–H groups in total. The van der Waals surface area contributed by atoms with E-state index in [9.17, 15) is 14.9 Å². The number of carbonyl (C=O) groups excluding carboxylic acids is 2. The summed E-state index contributed by atoms with van der Waals surface area (Å²) in [5.74, 6) is 0.634. The first kappa shape index (κ1) is 25.8. The van der Waals surface area contributed by atoms with Crippen LogP contribution in [0.3, 0.4) is 0 Å². The Morgan fingerprint density at radius 2 is 1.86 bits per heavy atom. The van der Waals surface area contributed by atoms with Crippen LogP contribution in [-0.4, -0.2) is 22.7 Å². The van der Waals surface area contributed by atoms with E-state index < -0.39 is 5.91 Å². The van der Waals surface area contributed by atoms with Crippen LogP contribution in [0.5, 0.6) is 11.5 Å². The lowest BCUT2D eigenvalue weighted by Crippen LogP contribution is -2.27. The van der Waals surface area contributed by atoms with Gasteiger partial charge in [-0.25, -0.2) is 0 Å². The minimum atomic E-state index is -0.408. The molecule has 6 nitrogen and oxygen atoms in total. The van der Waals surface area contributed by atoms with Crippen LogP contribution in [0.2, 0.25) is 5.02 Å². The lowest BCUT2D eigenvalue weighted by molar-refractivity contribution is -0.123. The van der Waals surface area contributed by atoms with Crippen molar-refractivity contribution in [2.45, 2.75) is 20.1 Å². The number of thioether (sulfide) groups is 1. The number of benzene rings is 3. The van der Waals surface area contributed by atoms with Gasteiger partial charge in [0.1, 0.15) is 6.61 Å². The number of amides is 2. The average Bonchev–Trinajstić information content (AvgIpc) is 3.12. The molecule has 0 spiro atoms. The Morgan fingerprint density at radius 1 is 1.11 bits per heavy atom. The predicted octanol–water partition coefficient (Wildman–Crippen LogP) is 7.19. The van der Waals surface area contributed by atoms with Crippen molar-refractivity contribution in [3.05, 3.63) is 97.3 Å². The molecule has 0 bridgehead atoms. The van der Waals surface area contributed by atoms with Gasteiger partial charge < -0.3 is 9.47 Å². The molecule has 0 atom stereocenters. The van der Waals surface area contributed by atoms with Crippen LogP contribution < -0.4 is 9.47 Å². The van der Waals surface area contributed by atoms with E-state index in [-0.39, 0.29) is 11.8 Å². The molecule has 0 aromatic heterocycles. The van der Waals surface area contributed by atoms with Crippen molar-refractivity contribution in [2.75, 3.05) is 6.61 Å². The maximum Gasteiger partial charge on any atom is 0.293 e. The zero-order valence-electron chi connectivity index (χ0n) is 19.2. The Labute approximate surface area is 226 Å². The van der Waals surface area contributed by atoms with Crippen LogP contribution in [-0.2, 0) is 17.9 Å². The van der Waals surface area contributed by atoms with Crippen LogP contribution in [0.1, 0.15) is 29.2 Å². The van der Waals surface area contributed by atoms with Gasteiger partial charge in [0, 0.05) is 5.02 Å². The van der Waals surface area contributed by atoms with Crippen LogP contribution in [0.25, 0.3) is 6.08 Å². The molecule has 9 heteroatoms. The standard InChI is InChI=1S/C27H20BrClN2O4S/c1-2-34-23-12-18(11-22(28)25(23)35-16-17-7-9-21(29)10-8-17)13-24-26(32)31(27(33)36-24)15-20-6-4-3-5-19(20)14-30/h3-13H,2,15-16H2,1H3/b24-13+. The van der Waals surface area contributed by atoms with Crippen molar-refractivity contribution < 1.29 is 19.1 Å². The first-order valence-electron chi connectivity index (χ1n) is 11.0. The predicted molar refractivity (Wildman–Crippen MR) is 144 cm³/mol. The molecular weight excluding hydrogens is 564 g/mol. The number of imide groups is 1.